The van der Waals surface area contributed by atoms with Gasteiger partial charge in [-0.3, -0.25) is 0 Å². The van der Waals surface area contributed by atoms with E-state index in [1.165, 1.54) is 22.3 Å². The predicted molar refractivity (Wildman–Crippen MR) is 134 cm³/mol. The molecule has 0 radical (unpaired) electrons. The monoisotopic (exact) mass is 409 g/mol. The summed E-state index contributed by atoms with van der Waals surface area (Å²) in [6, 6.07) is 48.8. The van der Waals surface area contributed by atoms with Crippen molar-refractivity contribution in [3.05, 3.63) is 139 Å². The summed E-state index contributed by atoms with van der Waals surface area (Å²) in [6.07, 6.45) is 0. The largest absolute Gasteiger partial charge is 0.310 e. The zero-order chi connectivity index (χ0) is 21.8. The van der Waals surface area contributed by atoms with E-state index in [0.717, 1.165) is 22.6 Å². The molecule has 0 aliphatic heterocycles. The van der Waals surface area contributed by atoms with E-state index in [0.29, 0.717) is 0 Å². The topological polar surface area (TPSA) is 3.24 Å². The third kappa shape index (κ3) is 4.13. The molecular formula is C31H23N. The standard InChI is InChI=1S/C31H23N/c1-24-9-8-14-31(23-24)32(29-19-15-27(16-20-29)25-10-4-2-5-11-25)30-21-17-28(18-22-30)26-12-6-3-7-13-26/h2-7,10-23H,1H3. The maximum atomic E-state index is 3.16. The van der Waals surface area contributed by atoms with Crippen molar-refractivity contribution >= 4 is 17.1 Å². The zero-order valence-corrected chi connectivity index (χ0v) is 18.0. The molecule has 0 atom stereocenters. The van der Waals surface area contributed by atoms with Gasteiger partial charge in [-0.1, -0.05) is 97.1 Å². The molecule has 0 aliphatic carbocycles. The van der Waals surface area contributed by atoms with Crippen molar-refractivity contribution in [3.63, 3.8) is 0 Å². The minimum absolute atomic E-state index is 1.06. The van der Waals surface area contributed by atoms with Gasteiger partial charge in [-0.25, -0.2) is 0 Å². The van der Waals surface area contributed by atoms with Crippen LogP contribution in [0.2, 0.25) is 0 Å². The number of hydrogen-bond acceptors (Lipinski definition) is 1. The molecule has 0 aliphatic rings. The van der Waals surface area contributed by atoms with Gasteiger partial charge in [0.25, 0.3) is 0 Å². The van der Waals surface area contributed by atoms with Crippen LogP contribution in [0.1, 0.15) is 5.56 Å². The molecule has 0 saturated heterocycles. The minimum Gasteiger partial charge on any atom is -0.310 e. The average molecular weight is 410 g/mol. The lowest BCUT2D eigenvalue weighted by atomic mass is 10.0. The smallest absolute Gasteiger partial charge is 0.0554 e. The first-order valence-electron chi connectivity index (χ1n) is 10.8. The predicted octanol–water partition coefficient (Wildman–Crippen LogP) is 8.40. The molecule has 5 aromatic rings. The van der Waals surface area contributed by atoms with Gasteiger partial charge in [0.15, 0.2) is 0 Å². The molecule has 0 saturated carbocycles. The first kappa shape index (κ1) is 19.7. The Labute approximate surface area is 190 Å². The molecule has 1 nitrogen and oxygen atoms in total. The van der Waals surface area contributed by atoms with Crippen LogP contribution >= 0.6 is 0 Å². The summed E-state index contributed by atoms with van der Waals surface area (Å²) in [6.45, 7) is 2.05. The quantitative estimate of drug-likeness (QED) is 0.282. The highest BCUT2D eigenvalue weighted by atomic mass is 15.1. The third-order valence-electron chi connectivity index (χ3n) is 5.58. The van der Waals surface area contributed by atoms with Gasteiger partial charge >= 0.3 is 0 Å². The van der Waals surface area contributed by atoms with Gasteiger partial charge in [0.05, 0.1) is 5.69 Å². The molecule has 0 spiro atoms. The Morgan fingerprint density at radius 1 is 0.500 bits per heavy atom. The van der Waals surface area contributed by atoms with E-state index in [1.807, 2.05) is 18.2 Å². The van der Waals surface area contributed by atoms with E-state index in [2.05, 4.69) is 127 Å². The van der Waals surface area contributed by atoms with Crippen LogP contribution in [0.25, 0.3) is 22.3 Å². The molecular weight excluding hydrogens is 386 g/mol. The van der Waals surface area contributed by atoms with Gasteiger partial charge in [-0.15, -0.1) is 0 Å². The first-order chi connectivity index (χ1) is 15.8. The average Bonchev–Trinajstić information content (AvgIpc) is 2.86. The van der Waals surface area contributed by atoms with Gasteiger partial charge in [0.2, 0.25) is 0 Å². The molecule has 0 heterocycles. The summed E-state index contributed by atoms with van der Waals surface area (Å²) in [4.78, 5) is 2.26. The zero-order valence-electron chi connectivity index (χ0n) is 18.0. The highest BCUT2D eigenvalue weighted by molar-refractivity contribution is 5.79. The Kier molecular flexibility index (Phi) is 5.43. The number of nitrogens with zero attached hydrogens (tertiary/aromatic N) is 1. The summed E-state index contributed by atoms with van der Waals surface area (Å²) in [5.41, 5.74) is 9.20. The summed E-state index contributed by atoms with van der Waals surface area (Å²) in [7, 11) is 0. The van der Waals surface area contributed by atoms with E-state index in [4.69, 9.17) is 0 Å². The van der Waals surface area contributed by atoms with E-state index >= 15 is 0 Å². The lowest BCUT2D eigenvalue weighted by molar-refractivity contribution is 1.27. The molecule has 0 aromatic heterocycles. The van der Waals surface area contributed by atoms with Gasteiger partial charge in [0, 0.05) is 23.0 Å². The molecule has 5 rings (SSSR count). The Morgan fingerprint density at radius 2 is 0.938 bits per heavy atom. The lowest BCUT2D eigenvalue weighted by Gasteiger charge is -2.25. The van der Waals surface area contributed by atoms with Crippen LogP contribution in [0.15, 0.2) is 121 Å². The second-order valence-electron chi connectivity index (χ2n) is 7.83. The Morgan fingerprint density at radius 3 is 1.38 bits per heavy atom. The number of aryl methyl sites for hydroxylation is 1. The van der Waals surface area contributed by atoms with E-state index in [9.17, 15) is 0 Å². The molecule has 1 heteroatoms. The molecule has 0 bridgehead atoms. The first-order valence-corrected chi connectivity index (χ1v) is 10.8. The fraction of sp³-hybridized carbons (Fsp3) is 0.0323. The molecule has 0 unspecified atom stereocenters. The fourth-order valence-electron chi connectivity index (χ4n) is 3.97. The van der Waals surface area contributed by atoms with Crippen LogP contribution in [-0.4, -0.2) is 0 Å². The van der Waals surface area contributed by atoms with E-state index in [1.54, 1.807) is 0 Å². The Bertz CT molecular complexity index is 1210. The molecule has 32 heavy (non-hydrogen) atoms. The van der Waals surface area contributed by atoms with Crippen molar-refractivity contribution in [1.29, 1.82) is 0 Å². The summed E-state index contributed by atoms with van der Waals surface area (Å²) in [5, 5.41) is 0. The van der Waals surface area contributed by atoms with Crippen molar-refractivity contribution in [2.45, 2.75) is 6.92 Å². The summed E-state index contributed by atoms with van der Waals surface area (Å²) in [5.74, 6) is 0. The third-order valence-corrected chi connectivity index (χ3v) is 5.58. The van der Waals surface area contributed by atoms with Crippen molar-refractivity contribution < 1.29 is 0 Å². The molecule has 0 fully saturated rings. The van der Waals surface area contributed by atoms with E-state index < -0.39 is 0 Å². The fourth-order valence-corrected chi connectivity index (χ4v) is 3.97. The SMILES string of the molecule is Cc1c#ccc(N(c2ccc(-c3ccccc3)cc2)c2ccc(-c3ccccc3)cc2)c1. The van der Waals surface area contributed by atoms with Crippen LogP contribution < -0.4 is 4.90 Å². The maximum Gasteiger partial charge on any atom is 0.0554 e. The normalized spacial score (nSPS) is 10.4. The number of hydrogen-bond donors (Lipinski definition) is 0. The van der Waals surface area contributed by atoms with Gasteiger partial charge in [-0.05, 0) is 59.5 Å². The number of benzene rings is 4. The molecule has 5 aromatic carbocycles. The van der Waals surface area contributed by atoms with Crippen LogP contribution in [0, 0.1) is 19.1 Å². The van der Waals surface area contributed by atoms with Gasteiger partial charge < -0.3 is 4.90 Å². The van der Waals surface area contributed by atoms with Crippen molar-refractivity contribution in [2.24, 2.45) is 0 Å². The second kappa shape index (κ2) is 8.84. The second-order valence-corrected chi connectivity index (χ2v) is 7.83. The molecule has 0 N–H and O–H groups in total. The van der Waals surface area contributed by atoms with Crippen molar-refractivity contribution in [1.82, 2.24) is 0 Å². The summed E-state index contributed by atoms with van der Waals surface area (Å²) >= 11 is 0. The van der Waals surface area contributed by atoms with E-state index in [-0.39, 0.29) is 0 Å². The van der Waals surface area contributed by atoms with Gasteiger partial charge in [0.1, 0.15) is 0 Å². The van der Waals surface area contributed by atoms with Crippen LogP contribution in [0.3, 0.4) is 0 Å². The maximum absolute atomic E-state index is 3.16. The number of rotatable bonds is 5. The van der Waals surface area contributed by atoms with Crippen LogP contribution in [0.5, 0.6) is 0 Å². The lowest BCUT2D eigenvalue weighted by Crippen LogP contribution is -2.09. The highest BCUT2D eigenvalue weighted by Gasteiger charge is 2.13. The molecule has 0 amide bonds. The van der Waals surface area contributed by atoms with Crippen molar-refractivity contribution in [3.8, 4) is 22.3 Å². The number of anilines is 3. The Hall–Kier alpha value is -4.28. The summed E-state index contributed by atoms with van der Waals surface area (Å²) < 4.78 is 0. The highest BCUT2D eigenvalue weighted by Crippen LogP contribution is 2.36. The van der Waals surface area contributed by atoms with Crippen molar-refractivity contribution in [2.75, 3.05) is 4.90 Å². The molecule has 152 valence electrons. The Balaban J connectivity index is 1.54. The minimum atomic E-state index is 1.06. The van der Waals surface area contributed by atoms with Crippen LogP contribution in [-0.2, 0) is 0 Å². The van der Waals surface area contributed by atoms with Gasteiger partial charge in [-0.2, -0.15) is 0 Å². The van der Waals surface area contributed by atoms with Crippen LogP contribution in [0.4, 0.5) is 17.1 Å².